The van der Waals surface area contributed by atoms with Crippen molar-refractivity contribution in [2.45, 2.75) is 64.4 Å². The molecule has 0 aromatic carbocycles. The van der Waals surface area contributed by atoms with Crippen LogP contribution in [0, 0.1) is 0 Å². The van der Waals surface area contributed by atoms with Crippen LogP contribution in [-0.4, -0.2) is 23.6 Å². The van der Waals surface area contributed by atoms with Crippen molar-refractivity contribution in [3.8, 4) is 0 Å². The van der Waals surface area contributed by atoms with E-state index < -0.39 is 5.60 Å². The van der Waals surface area contributed by atoms with E-state index in [0.29, 0.717) is 5.92 Å². The Bertz CT molecular complexity index is 483. The molecule has 1 atom stereocenters. The molecule has 4 nitrogen and oxygen atoms in total. The van der Waals surface area contributed by atoms with E-state index in [1.54, 1.807) is 7.11 Å². The minimum Gasteiger partial charge on any atom is -0.371 e. The Morgan fingerprint density at radius 2 is 1.95 bits per heavy atom. The monoisotopic (exact) mass is 355 g/mol. The zero-order chi connectivity index (χ0) is 15.5. The highest BCUT2D eigenvalue weighted by atomic mass is 79.9. The fourth-order valence-electron chi connectivity index (χ4n) is 2.85. The van der Waals surface area contributed by atoms with Gasteiger partial charge in [0.1, 0.15) is 11.4 Å². The molecule has 1 N–H and O–H groups in total. The molecule has 0 saturated heterocycles. The Kier molecular flexibility index (Phi) is 5.60. The highest BCUT2D eigenvalue weighted by Gasteiger charge is 2.31. The molecule has 0 radical (unpaired) electrons. The number of anilines is 1. The van der Waals surface area contributed by atoms with Gasteiger partial charge in [-0.15, -0.1) is 0 Å². The molecule has 1 unspecified atom stereocenters. The van der Waals surface area contributed by atoms with E-state index in [0.717, 1.165) is 34.8 Å². The van der Waals surface area contributed by atoms with Crippen molar-refractivity contribution < 1.29 is 4.74 Å². The summed E-state index contributed by atoms with van der Waals surface area (Å²) >= 11 is 3.71. The highest BCUT2D eigenvalue weighted by molar-refractivity contribution is 9.10. The van der Waals surface area contributed by atoms with E-state index in [2.05, 4.69) is 42.0 Å². The Morgan fingerprint density at radius 1 is 1.29 bits per heavy atom. The molecule has 118 valence electrons. The first kappa shape index (κ1) is 16.7. The molecular weight excluding hydrogens is 330 g/mol. The van der Waals surface area contributed by atoms with E-state index in [-0.39, 0.29) is 0 Å². The maximum atomic E-state index is 5.70. The van der Waals surface area contributed by atoms with E-state index in [9.17, 15) is 0 Å². The van der Waals surface area contributed by atoms with E-state index >= 15 is 0 Å². The van der Waals surface area contributed by atoms with Crippen LogP contribution in [0.1, 0.15) is 70.3 Å². The molecule has 1 aliphatic rings. The van der Waals surface area contributed by atoms with Gasteiger partial charge in [0.2, 0.25) is 0 Å². The minimum atomic E-state index is -0.432. The molecule has 1 saturated carbocycles. The van der Waals surface area contributed by atoms with Crippen LogP contribution >= 0.6 is 15.9 Å². The Labute approximate surface area is 136 Å². The molecule has 5 heteroatoms. The fraction of sp³-hybridized carbons (Fsp3) is 0.750. The van der Waals surface area contributed by atoms with Gasteiger partial charge in [-0.2, -0.15) is 0 Å². The topological polar surface area (TPSA) is 47.0 Å². The molecule has 0 spiro atoms. The molecule has 1 aliphatic carbocycles. The molecule has 1 aromatic rings. The van der Waals surface area contributed by atoms with Gasteiger partial charge in [0, 0.05) is 19.6 Å². The van der Waals surface area contributed by atoms with Crippen molar-refractivity contribution >= 4 is 21.7 Å². The Hall–Kier alpha value is -0.680. The first-order valence-electron chi connectivity index (χ1n) is 7.92. The molecule has 0 bridgehead atoms. The maximum Gasteiger partial charge on any atom is 0.162 e. The van der Waals surface area contributed by atoms with Gasteiger partial charge in [0.25, 0.3) is 0 Å². The summed E-state index contributed by atoms with van der Waals surface area (Å²) < 4.78 is 6.72. The lowest BCUT2D eigenvalue weighted by Crippen LogP contribution is -2.28. The van der Waals surface area contributed by atoms with E-state index in [1.807, 2.05) is 0 Å². The molecule has 2 rings (SSSR count). The van der Waals surface area contributed by atoms with Crippen LogP contribution in [0.2, 0.25) is 0 Å². The molecule has 0 amide bonds. The summed E-state index contributed by atoms with van der Waals surface area (Å²) in [5.74, 6) is 2.21. The van der Waals surface area contributed by atoms with E-state index in [1.165, 1.54) is 25.7 Å². The number of hydrogen-bond donors (Lipinski definition) is 1. The SMILES string of the molecule is CCNc1nc(C(C)(CC)OC)nc(C2CCCC2)c1Br. The smallest absolute Gasteiger partial charge is 0.162 e. The van der Waals surface area contributed by atoms with Crippen molar-refractivity contribution in [2.24, 2.45) is 0 Å². The number of aromatic nitrogens is 2. The highest BCUT2D eigenvalue weighted by Crippen LogP contribution is 2.40. The lowest BCUT2D eigenvalue weighted by Gasteiger charge is -2.27. The van der Waals surface area contributed by atoms with Gasteiger partial charge >= 0.3 is 0 Å². The predicted octanol–water partition coefficient (Wildman–Crippen LogP) is 4.60. The second-order valence-electron chi connectivity index (χ2n) is 5.90. The van der Waals surface area contributed by atoms with Crippen molar-refractivity contribution in [1.29, 1.82) is 0 Å². The predicted molar refractivity (Wildman–Crippen MR) is 89.8 cm³/mol. The summed E-state index contributed by atoms with van der Waals surface area (Å²) in [6.45, 7) is 7.09. The van der Waals surface area contributed by atoms with Gasteiger partial charge in [0.05, 0.1) is 10.2 Å². The second-order valence-corrected chi connectivity index (χ2v) is 6.69. The van der Waals surface area contributed by atoms with Crippen molar-refractivity contribution in [1.82, 2.24) is 9.97 Å². The molecule has 1 aromatic heterocycles. The quantitative estimate of drug-likeness (QED) is 0.809. The fourth-order valence-corrected chi connectivity index (χ4v) is 3.49. The standard InChI is InChI=1S/C16H26BrN3O/c1-5-16(3,21-4)15-19-13(11-9-7-8-10-11)12(17)14(20-15)18-6-2/h11H,5-10H2,1-4H3,(H,18,19,20). The van der Waals surface area contributed by atoms with Gasteiger partial charge in [-0.3, -0.25) is 0 Å². The summed E-state index contributed by atoms with van der Waals surface area (Å²) in [5, 5.41) is 3.35. The first-order chi connectivity index (χ1) is 10.1. The zero-order valence-electron chi connectivity index (χ0n) is 13.5. The molecular formula is C16H26BrN3O. The van der Waals surface area contributed by atoms with Crippen LogP contribution in [-0.2, 0) is 10.3 Å². The van der Waals surface area contributed by atoms with Crippen molar-refractivity contribution in [2.75, 3.05) is 19.0 Å². The van der Waals surface area contributed by atoms with Gasteiger partial charge < -0.3 is 10.1 Å². The number of hydrogen-bond acceptors (Lipinski definition) is 4. The lowest BCUT2D eigenvalue weighted by atomic mass is 9.99. The third-order valence-corrected chi connectivity index (χ3v) is 5.34. The summed E-state index contributed by atoms with van der Waals surface area (Å²) in [6, 6.07) is 0. The van der Waals surface area contributed by atoms with Crippen molar-refractivity contribution in [3.63, 3.8) is 0 Å². The van der Waals surface area contributed by atoms with Crippen LogP contribution in [0.3, 0.4) is 0 Å². The average molecular weight is 356 g/mol. The van der Waals surface area contributed by atoms with Gasteiger partial charge in [0.15, 0.2) is 5.82 Å². The van der Waals surface area contributed by atoms with Gasteiger partial charge in [-0.1, -0.05) is 19.8 Å². The summed E-state index contributed by atoms with van der Waals surface area (Å²) in [5.41, 5.74) is 0.711. The Balaban J connectivity index is 2.50. The zero-order valence-corrected chi connectivity index (χ0v) is 15.1. The summed E-state index contributed by atoms with van der Waals surface area (Å²) in [7, 11) is 1.73. The second kappa shape index (κ2) is 7.05. The minimum absolute atomic E-state index is 0.432. The summed E-state index contributed by atoms with van der Waals surface area (Å²) in [4.78, 5) is 9.60. The first-order valence-corrected chi connectivity index (χ1v) is 8.72. The molecule has 21 heavy (non-hydrogen) atoms. The number of ether oxygens (including phenoxy) is 1. The third-order valence-electron chi connectivity index (χ3n) is 4.56. The third kappa shape index (κ3) is 3.39. The van der Waals surface area contributed by atoms with Crippen LogP contribution in [0.5, 0.6) is 0 Å². The average Bonchev–Trinajstić information content (AvgIpc) is 3.02. The molecule has 0 aliphatic heterocycles. The molecule has 1 heterocycles. The number of nitrogens with one attached hydrogen (secondary N) is 1. The Morgan fingerprint density at radius 3 is 2.48 bits per heavy atom. The van der Waals surface area contributed by atoms with Crippen LogP contribution in [0.4, 0.5) is 5.82 Å². The maximum absolute atomic E-state index is 5.70. The van der Waals surface area contributed by atoms with Crippen LogP contribution < -0.4 is 5.32 Å². The lowest BCUT2D eigenvalue weighted by molar-refractivity contribution is -0.00912. The van der Waals surface area contributed by atoms with E-state index in [4.69, 9.17) is 14.7 Å². The number of methoxy groups -OCH3 is 1. The molecule has 1 fully saturated rings. The van der Waals surface area contributed by atoms with Crippen LogP contribution in [0.25, 0.3) is 0 Å². The van der Waals surface area contributed by atoms with Crippen LogP contribution in [0.15, 0.2) is 4.47 Å². The van der Waals surface area contributed by atoms with Gasteiger partial charge in [-0.25, -0.2) is 9.97 Å². The largest absolute Gasteiger partial charge is 0.371 e. The van der Waals surface area contributed by atoms with Crippen molar-refractivity contribution in [3.05, 3.63) is 16.0 Å². The number of nitrogens with zero attached hydrogens (tertiary/aromatic N) is 2. The summed E-state index contributed by atoms with van der Waals surface area (Å²) in [6.07, 6.45) is 5.87. The normalized spacial score (nSPS) is 18.7. The number of halogens is 1. The van der Waals surface area contributed by atoms with Gasteiger partial charge in [-0.05, 0) is 49.0 Å². The number of rotatable bonds is 6.